The van der Waals surface area contributed by atoms with Gasteiger partial charge in [-0.15, -0.1) is 5.10 Å². The number of Topliss-reactive ketones (excluding diaryl/α,β-unsaturated/α-hetero) is 1. The predicted octanol–water partition coefficient (Wildman–Crippen LogP) is 4.54. The molecule has 0 fully saturated rings. The van der Waals surface area contributed by atoms with Crippen LogP contribution in [0.4, 0.5) is 5.95 Å². The lowest BCUT2D eigenvalue weighted by Crippen LogP contribution is -1.96. The first-order valence-electron chi connectivity index (χ1n) is 7.76. The average molecular weight is 375 g/mol. The zero-order valence-electron chi connectivity index (χ0n) is 13.5. The second kappa shape index (κ2) is 7.25. The fourth-order valence-corrected chi connectivity index (χ4v) is 3.36. The number of ketones is 1. The van der Waals surface area contributed by atoms with E-state index in [9.17, 15) is 4.79 Å². The van der Waals surface area contributed by atoms with Crippen LogP contribution in [0.25, 0.3) is 11.1 Å². The maximum Gasteiger partial charge on any atom is 0.239 e. The van der Waals surface area contributed by atoms with Gasteiger partial charge in [0.05, 0.1) is 10.0 Å². The molecule has 0 saturated heterocycles. The lowest BCUT2D eigenvalue weighted by Gasteiger charge is -2.10. The van der Waals surface area contributed by atoms with Gasteiger partial charge in [-0.1, -0.05) is 54.4 Å². The second-order valence-corrected chi connectivity index (χ2v) is 6.42. The summed E-state index contributed by atoms with van der Waals surface area (Å²) in [5.41, 5.74) is 8.68. The van der Waals surface area contributed by atoms with Crippen LogP contribution < -0.4 is 5.73 Å². The molecule has 5 nitrogen and oxygen atoms in total. The van der Waals surface area contributed by atoms with Crippen LogP contribution >= 0.6 is 23.2 Å². The molecule has 0 aliphatic heterocycles. The summed E-state index contributed by atoms with van der Waals surface area (Å²) in [5, 5.41) is 7.62. The van der Waals surface area contributed by atoms with Crippen molar-refractivity contribution in [3.63, 3.8) is 0 Å². The SMILES string of the molecule is CCC(=O)c1ccc(-c2c(Cl)cc(Cc3nc(N)n[nH]3)cc2Cl)cc1. The van der Waals surface area contributed by atoms with Gasteiger partial charge in [-0.05, 0) is 23.3 Å². The average Bonchev–Trinajstić information content (AvgIpc) is 2.99. The molecule has 0 aliphatic carbocycles. The van der Waals surface area contributed by atoms with Gasteiger partial charge in [0.25, 0.3) is 0 Å². The van der Waals surface area contributed by atoms with Gasteiger partial charge >= 0.3 is 0 Å². The van der Waals surface area contributed by atoms with E-state index in [1.165, 1.54) is 0 Å². The summed E-state index contributed by atoms with van der Waals surface area (Å²) in [6.07, 6.45) is 0.968. The van der Waals surface area contributed by atoms with E-state index in [4.69, 9.17) is 28.9 Å². The molecule has 1 aromatic heterocycles. The molecule has 3 N–H and O–H groups in total. The zero-order valence-corrected chi connectivity index (χ0v) is 15.0. The third-order valence-corrected chi connectivity index (χ3v) is 4.44. The van der Waals surface area contributed by atoms with Gasteiger partial charge in [0.1, 0.15) is 5.82 Å². The lowest BCUT2D eigenvalue weighted by molar-refractivity contribution is 0.0988. The van der Waals surface area contributed by atoms with Crippen molar-refractivity contribution in [1.29, 1.82) is 0 Å². The number of carbonyl (C=O) groups is 1. The van der Waals surface area contributed by atoms with Crippen molar-refractivity contribution >= 4 is 34.9 Å². The summed E-state index contributed by atoms with van der Waals surface area (Å²) in [4.78, 5) is 15.8. The van der Waals surface area contributed by atoms with Crippen molar-refractivity contribution < 1.29 is 4.79 Å². The number of halogens is 2. The standard InChI is InChI=1S/C18H16Cl2N4O/c1-2-15(25)11-3-5-12(6-4-11)17-13(19)7-10(8-14(17)20)9-16-22-18(21)24-23-16/h3-8H,2,9H2,1H3,(H3,21,22,23,24). The van der Waals surface area contributed by atoms with Crippen LogP contribution in [0.15, 0.2) is 36.4 Å². The largest absolute Gasteiger partial charge is 0.367 e. The minimum absolute atomic E-state index is 0.102. The van der Waals surface area contributed by atoms with E-state index in [0.717, 1.165) is 16.7 Å². The van der Waals surface area contributed by atoms with Gasteiger partial charge in [0.15, 0.2) is 5.78 Å². The van der Waals surface area contributed by atoms with Crippen molar-refractivity contribution in [3.8, 4) is 11.1 Å². The Kier molecular flexibility index (Phi) is 5.06. The maximum atomic E-state index is 11.7. The number of aromatic amines is 1. The van der Waals surface area contributed by atoms with Crippen molar-refractivity contribution in [2.75, 3.05) is 5.73 Å². The van der Waals surface area contributed by atoms with E-state index in [2.05, 4.69) is 15.2 Å². The van der Waals surface area contributed by atoms with E-state index in [-0.39, 0.29) is 11.7 Å². The van der Waals surface area contributed by atoms with Crippen LogP contribution in [0.3, 0.4) is 0 Å². The number of rotatable bonds is 5. The van der Waals surface area contributed by atoms with E-state index in [0.29, 0.717) is 34.3 Å². The summed E-state index contributed by atoms with van der Waals surface area (Å²) in [5.74, 6) is 0.941. The monoisotopic (exact) mass is 374 g/mol. The van der Waals surface area contributed by atoms with Crippen molar-refractivity contribution in [2.24, 2.45) is 0 Å². The van der Waals surface area contributed by atoms with Gasteiger partial charge in [-0.25, -0.2) is 0 Å². The highest BCUT2D eigenvalue weighted by atomic mass is 35.5. The fourth-order valence-electron chi connectivity index (χ4n) is 2.61. The Balaban J connectivity index is 1.91. The third kappa shape index (κ3) is 3.83. The number of nitrogens with zero attached hydrogens (tertiary/aromatic N) is 2. The minimum atomic E-state index is 0.102. The van der Waals surface area contributed by atoms with Crippen LogP contribution in [0, 0.1) is 0 Å². The van der Waals surface area contributed by atoms with E-state index >= 15 is 0 Å². The summed E-state index contributed by atoms with van der Waals surface area (Å²) < 4.78 is 0. The molecule has 7 heteroatoms. The molecule has 1 heterocycles. The van der Waals surface area contributed by atoms with Gasteiger partial charge in [-0.2, -0.15) is 4.98 Å². The quantitative estimate of drug-likeness (QED) is 0.641. The number of nitrogens with two attached hydrogens (primary N) is 1. The van der Waals surface area contributed by atoms with Crippen LogP contribution in [-0.2, 0) is 6.42 Å². The number of nitrogen functional groups attached to an aromatic ring is 1. The molecule has 0 radical (unpaired) electrons. The number of aromatic nitrogens is 3. The number of hydrogen-bond acceptors (Lipinski definition) is 4. The van der Waals surface area contributed by atoms with Gasteiger partial charge < -0.3 is 5.73 Å². The summed E-state index contributed by atoms with van der Waals surface area (Å²) in [6.45, 7) is 1.84. The summed E-state index contributed by atoms with van der Waals surface area (Å²) in [7, 11) is 0. The van der Waals surface area contributed by atoms with Crippen LogP contribution in [0.2, 0.25) is 10.0 Å². The van der Waals surface area contributed by atoms with Crippen LogP contribution in [0.5, 0.6) is 0 Å². The Hall–Kier alpha value is -2.37. The molecule has 0 saturated carbocycles. The van der Waals surface area contributed by atoms with Gasteiger partial charge in [0.2, 0.25) is 5.95 Å². The molecule has 0 aliphatic rings. The number of nitrogens with one attached hydrogen (secondary N) is 1. The number of H-pyrrole nitrogens is 1. The highest BCUT2D eigenvalue weighted by Crippen LogP contribution is 2.36. The molecule has 0 atom stereocenters. The highest BCUT2D eigenvalue weighted by Gasteiger charge is 2.13. The van der Waals surface area contributed by atoms with Gasteiger partial charge in [-0.3, -0.25) is 9.89 Å². The second-order valence-electron chi connectivity index (χ2n) is 5.61. The van der Waals surface area contributed by atoms with E-state index in [1.807, 2.05) is 31.2 Å². The molecule has 0 amide bonds. The molecule has 25 heavy (non-hydrogen) atoms. The van der Waals surface area contributed by atoms with Crippen LogP contribution in [0.1, 0.15) is 35.1 Å². The Morgan fingerprint density at radius 2 is 1.80 bits per heavy atom. The molecule has 128 valence electrons. The minimum Gasteiger partial charge on any atom is -0.367 e. The molecular weight excluding hydrogens is 359 g/mol. The Morgan fingerprint density at radius 1 is 1.16 bits per heavy atom. The summed E-state index contributed by atoms with van der Waals surface area (Å²) in [6, 6.07) is 11.0. The first-order chi connectivity index (χ1) is 12.0. The molecule has 0 unspecified atom stereocenters. The Labute approximate surface area is 155 Å². The molecule has 2 aromatic carbocycles. The molecule has 0 bridgehead atoms. The van der Waals surface area contributed by atoms with Crippen molar-refractivity contribution in [3.05, 3.63) is 63.4 Å². The maximum absolute atomic E-state index is 11.7. The van der Waals surface area contributed by atoms with Gasteiger partial charge in [0, 0.05) is 24.0 Å². The smallest absolute Gasteiger partial charge is 0.239 e. The third-order valence-electron chi connectivity index (χ3n) is 3.84. The predicted molar refractivity (Wildman–Crippen MR) is 100 cm³/mol. The van der Waals surface area contributed by atoms with E-state index in [1.54, 1.807) is 12.1 Å². The topological polar surface area (TPSA) is 84.7 Å². The Bertz CT molecular complexity index is 896. The Morgan fingerprint density at radius 3 is 2.32 bits per heavy atom. The fraction of sp³-hybridized carbons (Fsp3) is 0.167. The lowest BCUT2D eigenvalue weighted by atomic mass is 9.99. The number of carbonyl (C=O) groups excluding carboxylic acids is 1. The van der Waals surface area contributed by atoms with Crippen molar-refractivity contribution in [2.45, 2.75) is 19.8 Å². The zero-order chi connectivity index (χ0) is 18.0. The molecular formula is C18H16Cl2N4O. The van der Waals surface area contributed by atoms with Crippen molar-refractivity contribution in [1.82, 2.24) is 15.2 Å². The van der Waals surface area contributed by atoms with E-state index < -0.39 is 0 Å². The normalized spacial score (nSPS) is 10.8. The number of benzene rings is 2. The van der Waals surface area contributed by atoms with Crippen LogP contribution in [-0.4, -0.2) is 21.0 Å². The highest BCUT2D eigenvalue weighted by molar-refractivity contribution is 6.39. The summed E-state index contributed by atoms with van der Waals surface area (Å²) >= 11 is 12.9. The first-order valence-corrected chi connectivity index (χ1v) is 8.51. The number of anilines is 1. The molecule has 3 rings (SSSR count). The molecule has 0 spiro atoms. The molecule has 3 aromatic rings. The number of hydrogen-bond donors (Lipinski definition) is 2. The first kappa shape index (κ1) is 17.5.